The van der Waals surface area contributed by atoms with Crippen LogP contribution in [0.15, 0.2) is 42.7 Å². The maximum absolute atomic E-state index is 12.6. The van der Waals surface area contributed by atoms with E-state index in [-0.39, 0.29) is 11.8 Å². The van der Waals surface area contributed by atoms with E-state index in [9.17, 15) is 9.59 Å². The molecule has 1 fully saturated rings. The monoisotopic (exact) mass is 367 g/mol. The molecule has 0 unspecified atom stereocenters. The summed E-state index contributed by atoms with van der Waals surface area (Å²) in [6.07, 6.45) is 4.50. The predicted molar refractivity (Wildman–Crippen MR) is 98.1 cm³/mol. The maximum atomic E-state index is 12.6. The van der Waals surface area contributed by atoms with Gasteiger partial charge in [0.1, 0.15) is 17.1 Å². The number of ether oxygens (including phenoxy) is 2. The number of nitrogens with zero attached hydrogens (tertiary/aromatic N) is 2. The fourth-order valence-corrected chi connectivity index (χ4v) is 3.58. The first-order chi connectivity index (χ1) is 13.1. The largest absolute Gasteiger partial charge is 0.497 e. The quantitative estimate of drug-likeness (QED) is 0.877. The minimum atomic E-state index is -0.529. The zero-order valence-electron chi connectivity index (χ0n) is 15.1. The van der Waals surface area contributed by atoms with Crippen LogP contribution in [0.4, 0.5) is 0 Å². The van der Waals surface area contributed by atoms with E-state index >= 15 is 0 Å². The summed E-state index contributed by atoms with van der Waals surface area (Å²) in [4.78, 5) is 30.8. The summed E-state index contributed by atoms with van der Waals surface area (Å²) >= 11 is 0. The number of nitrogens with one attached hydrogen (secondary N) is 1. The first kappa shape index (κ1) is 17.3. The van der Waals surface area contributed by atoms with E-state index in [0.29, 0.717) is 55.1 Å². The number of piperidine rings is 1. The molecule has 0 radical (unpaired) electrons. The Kier molecular flexibility index (Phi) is 4.43. The summed E-state index contributed by atoms with van der Waals surface area (Å²) in [6, 6.07) is 8.73. The standard InChI is InChI=1S/C20H21N3O4/c1-26-15-4-5-16-17(11-15)27-20(13-22-18(16)24)6-9-23(10-7-20)19(25)14-3-2-8-21-12-14/h2-5,8,11-12H,6-7,9-10,13H2,1H3,(H,22,24). The average Bonchev–Trinajstić information content (AvgIpc) is 2.85. The lowest BCUT2D eigenvalue weighted by atomic mass is 9.90. The molecule has 4 rings (SSSR count). The number of hydrogen-bond donors (Lipinski definition) is 1. The Morgan fingerprint density at radius 1 is 1.30 bits per heavy atom. The van der Waals surface area contributed by atoms with Gasteiger partial charge in [0.05, 0.1) is 24.8 Å². The Bertz CT molecular complexity index is 861. The normalized spacial score (nSPS) is 18.1. The van der Waals surface area contributed by atoms with Crippen LogP contribution in [-0.2, 0) is 0 Å². The van der Waals surface area contributed by atoms with Crippen molar-refractivity contribution in [1.29, 1.82) is 0 Å². The van der Waals surface area contributed by atoms with Gasteiger partial charge < -0.3 is 19.7 Å². The van der Waals surface area contributed by atoms with E-state index in [2.05, 4.69) is 10.3 Å². The number of methoxy groups -OCH3 is 1. The second-order valence-corrected chi connectivity index (χ2v) is 6.86. The van der Waals surface area contributed by atoms with Crippen LogP contribution < -0.4 is 14.8 Å². The van der Waals surface area contributed by atoms with E-state index in [1.54, 1.807) is 49.8 Å². The van der Waals surface area contributed by atoms with Gasteiger partial charge >= 0.3 is 0 Å². The summed E-state index contributed by atoms with van der Waals surface area (Å²) in [5.41, 5.74) is 0.555. The highest BCUT2D eigenvalue weighted by atomic mass is 16.5. The highest BCUT2D eigenvalue weighted by molar-refractivity contribution is 5.97. The molecule has 1 N–H and O–H groups in total. The molecule has 3 heterocycles. The molecule has 2 aliphatic rings. The Labute approximate surface area is 157 Å². The Morgan fingerprint density at radius 2 is 2.11 bits per heavy atom. The summed E-state index contributed by atoms with van der Waals surface area (Å²) in [5, 5.41) is 2.96. The molecular formula is C20H21N3O4. The molecule has 2 amide bonds. The lowest BCUT2D eigenvalue weighted by Crippen LogP contribution is -2.54. The molecule has 2 aliphatic heterocycles. The number of benzene rings is 1. The SMILES string of the molecule is COc1ccc2c(c1)OC1(CCN(C(=O)c3cccnc3)CC1)CNC2=O. The van der Waals surface area contributed by atoms with Crippen molar-refractivity contribution in [3.8, 4) is 11.5 Å². The molecule has 140 valence electrons. The maximum Gasteiger partial charge on any atom is 0.255 e. The fourth-order valence-electron chi connectivity index (χ4n) is 3.58. The fraction of sp³-hybridized carbons (Fsp3) is 0.350. The molecule has 1 aromatic carbocycles. The van der Waals surface area contributed by atoms with Crippen molar-refractivity contribution in [2.75, 3.05) is 26.7 Å². The smallest absolute Gasteiger partial charge is 0.255 e. The topological polar surface area (TPSA) is 80.8 Å². The molecule has 1 saturated heterocycles. The van der Waals surface area contributed by atoms with Gasteiger partial charge in [0, 0.05) is 44.4 Å². The van der Waals surface area contributed by atoms with Crippen molar-refractivity contribution in [3.63, 3.8) is 0 Å². The van der Waals surface area contributed by atoms with Crippen LogP contribution in [0.25, 0.3) is 0 Å². The minimum absolute atomic E-state index is 0.0299. The predicted octanol–water partition coefficient (Wildman–Crippen LogP) is 1.89. The third-order valence-electron chi connectivity index (χ3n) is 5.20. The van der Waals surface area contributed by atoms with Crippen LogP contribution in [0.5, 0.6) is 11.5 Å². The van der Waals surface area contributed by atoms with Gasteiger partial charge in [-0.25, -0.2) is 0 Å². The van der Waals surface area contributed by atoms with Crippen molar-refractivity contribution < 1.29 is 19.1 Å². The average molecular weight is 367 g/mol. The molecule has 7 heteroatoms. The number of carbonyl (C=O) groups is 2. The summed E-state index contributed by atoms with van der Waals surface area (Å²) in [6.45, 7) is 1.53. The molecule has 0 bridgehead atoms. The van der Waals surface area contributed by atoms with Gasteiger partial charge in [-0.3, -0.25) is 14.6 Å². The summed E-state index contributed by atoms with van der Waals surface area (Å²) in [5.74, 6) is 0.982. The van der Waals surface area contributed by atoms with Crippen LogP contribution in [0.1, 0.15) is 33.6 Å². The van der Waals surface area contributed by atoms with E-state index in [4.69, 9.17) is 9.47 Å². The molecule has 2 aromatic rings. The molecule has 27 heavy (non-hydrogen) atoms. The third-order valence-corrected chi connectivity index (χ3v) is 5.20. The Morgan fingerprint density at radius 3 is 2.81 bits per heavy atom. The number of rotatable bonds is 2. The number of likely N-dealkylation sites (tertiary alicyclic amines) is 1. The van der Waals surface area contributed by atoms with Gasteiger partial charge in [0.25, 0.3) is 11.8 Å². The van der Waals surface area contributed by atoms with E-state index < -0.39 is 5.60 Å². The Hall–Kier alpha value is -3.09. The molecule has 0 saturated carbocycles. The van der Waals surface area contributed by atoms with Crippen LogP contribution in [-0.4, -0.2) is 54.0 Å². The van der Waals surface area contributed by atoms with Crippen LogP contribution in [0, 0.1) is 0 Å². The molecule has 1 spiro atoms. The second kappa shape index (κ2) is 6.90. The van der Waals surface area contributed by atoms with Gasteiger partial charge in [-0.15, -0.1) is 0 Å². The first-order valence-electron chi connectivity index (χ1n) is 8.95. The van der Waals surface area contributed by atoms with E-state index in [0.717, 1.165) is 0 Å². The van der Waals surface area contributed by atoms with Crippen LogP contribution in [0.3, 0.4) is 0 Å². The van der Waals surface area contributed by atoms with Crippen molar-refractivity contribution in [3.05, 3.63) is 53.9 Å². The molecular weight excluding hydrogens is 346 g/mol. The number of hydrogen-bond acceptors (Lipinski definition) is 5. The Balaban J connectivity index is 1.52. The van der Waals surface area contributed by atoms with Crippen LogP contribution in [0.2, 0.25) is 0 Å². The summed E-state index contributed by atoms with van der Waals surface area (Å²) in [7, 11) is 1.58. The van der Waals surface area contributed by atoms with Gasteiger partial charge in [0.2, 0.25) is 0 Å². The van der Waals surface area contributed by atoms with Gasteiger partial charge in [0.15, 0.2) is 0 Å². The van der Waals surface area contributed by atoms with Crippen molar-refractivity contribution in [2.24, 2.45) is 0 Å². The van der Waals surface area contributed by atoms with Crippen molar-refractivity contribution >= 4 is 11.8 Å². The minimum Gasteiger partial charge on any atom is -0.497 e. The van der Waals surface area contributed by atoms with Crippen molar-refractivity contribution in [2.45, 2.75) is 18.4 Å². The van der Waals surface area contributed by atoms with Gasteiger partial charge in [-0.05, 0) is 24.3 Å². The van der Waals surface area contributed by atoms with Gasteiger partial charge in [-0.2, -0.15) is 0 Å². The molecule has 0 aliphatic carbocycles. The highest BCUT2D eigenvalue weighted by Gasteiger charge is 2.41. The number of aromatic nitrogens is 1. The number of carbonyl (C=O) groups excluding carboxylic acids is 2. The molecule has 1 aromatic heterocycles. The number of amides is 2. The zero-order chi connectivity index (χ0) is 18.9. The highest BCUT2D eigenvalue weighted by Crippen LogP contribution is 2.35. The van der Waals surface area contributed by atoms with E-state index in [1.807, 2.05) is 4.90 Å². The van der Waals surface area contributed by atoms with Crippen molar-refractivity contribution in [1.82, 2.24) is 15.2 Å². The number of pyridine rings is 1. The van der Waals surface area contributed by atoms with Gasteiger partial charge in [-0.1, -0.05) is 0 Å². The lowest BCUT2D eigenvalue weighted by Gasteiger charge is -2.41. The first-order valence-corrected chi connectivity index (χ1v) is 8.95. The lowest BCUT2D eigenvalue weighted by molar-refractivity contribution is 0.00761. The van der Waals surface area contributed by atoms with Crippen LogP contribution >= 0.6 is 0 Å². The summed E-state index contributed by atoms with van der Waals surface area (Å²) < 4.78 is 11.6. The van der Waals surface area contributed by atoms with E-state index in [1.165, 1.54) is 0 Å². The number of fused-ring (bicyclic) bond motifs is 1. The second-order valence-electron chi connectivity index (χ2n) is 6.86. The third kappa shape index (κ3) is 3.32. The molecule has 7 nitrogen and oxygen atoms in total. The zero-order valence-corrected chi connectivity index (χ0v) is 15.1. The molecule has 0 atom stereocenters.